The van der Waals surface area contributed by atoms with Crippen LogP contribution in [0.1, 0.15) is 182 Å². The van der Waals surface area contributed by atoms with E-state index in [1.165, 1.54) is 43.1 Å². The zero-order valence-corrected chi connectivity index (χ0v) is 69.3. The maximum absolute atomic E-state index is 12.8. The van der Waals surface area contributed by atoms with Crippen LogP contribution in [0.15, 0.2) is 87.4 Å². The second-order valence-electron chi connectivity index (χ2n) is 33.3. The SMILES string of the molecule is Cc1cn([C@@H]2O[C@@]34[C@H](C)C=CC[C@@H]3O[C@@H]2[C@@H]4O)c(=O)[nH]c1=O.Cc1cn([C@@H]2O[C@@]34[C@H](C)CCC[C@@H]3O[C@@H]2[C@@H]4O)c(=O)[nH]c1=O.[C-]#[N+]CCOP(O[C@H]1[C@H]2O[C@H]3CC=C[C@@H](C)[C@]31O[C@H]2n1cc(C)c(=O)[nH]c1=O)N(C(C)C)C(C)C.[C-]#[N+]CCOP(O[C@H]1[C@H]2O[C@H]3CCC[C@@H](C)[C@]31O[C@H]2n1cc(C)c(=O)[nH]c1=O)N(C(C)C)C(C)C. The van der Waals surface area contributed by atoms with Crippen LogP contribution in [0.2, 0.25) is 0 Å². The third kappa shape index (κ3) is 14.7. The summed E-state index contributed by atoms with van der Waals surface area (Å²) in [5.41, 5.74) is -5.27. The molecule has 12 aliphatic rings. The molecule has 34 nitrogen and oxygen atoms in total. The number of aromatic amines is 4. The Hall–Kier alpha value is -6.60. The van der Waals surface area contributed by atoms with Gasteiger partial charge >= 0.3 is 22.8 Å². The number of hydrogen-bond donors (Lipinski definition) is 6. The van der Waals surface area contributed by atoms with Gasteiger partial charge in [0.1, 0.15) is 84.4 Å². The molecule has 2 saturated carbocycles. The van der Waals surface area contributed by atoms with Crippen molar-refractivity contribution in [2.75, 3.05) is 26.3 Å². The molecule has 36 heteroatoms. The predicted molar refractivity (Wildman–Crippen MR) is 417 cm³/mol. The van der Waals surface area contributed by atoms with Gasteiger partial charge < -0.3 is 75.9 Å². The van der Waals surface area contributed by atoms with E-state index < -0.39 is 158 Å². The van der Waals surface area contributed by atoms with Gasteiger partial charge in [0.25, 0.3) is 39.3 Å². The van der Waals surface area contributed by atoms with Crippen molar-refractivity contribution in [2.24, 2.45) is 23.7 Å². The summed E-state index contributed by atoms with van der Waals surface area (Å²) in [5, 5.41) is 21.4. The molecule has 4 aliphatic carbocycles. The van der Waals surface area contributed by atoms with Crippen LogP contribution < -0.4 is 45.0 Å². The molecule has 114 heavy (non-hydrogen) atoms. The molecule has 8 bridgehead atoms. The molecule has 4 aromatic heterocycles. The molecule has 26 atom stereocenters. The lowest BCUT2D eigenvalue weighted by molar-refractivity contribution is -0.240. The van der Waals surface area contributed by atoms with E-state index in [4.69, 9.17) is 69.1 Å². The van der Waals surface area contributed by atoms with E-state index in [0.717, 1.165) is 38.5 Å². The third-order valence-electron chi connectivity index (χ3n) is 24.9. The molecule has 2 unspecified atom stereocenters. The number of nitrogens with one attached hydrogen (secondary N) is 4. The van der Waals surface area contributed by atoms with Crippen molar-refractivity contribution in [1.82, 2.24) is 47.5 Å². The number of nitrogens with zero attached hydrogens (tertiary/aromatic N) is 8. The van der Waals surface area contributed by atoms with Crippen molar-refractivity contribution in [3.05, 3.63) is 178 Å². The molecule has 624 valence electrons. The van der Waals surface area contributed by atoms with E-state index in [9.17, 15) is 48.6 Å². The number of fused-ring (bicyclic) bond motifs is 4. The summed E-state index contributed by atoms with van der Waals surface area (Å²) in [6, 6.07) is 0.610. The van der Waals surface area contributed by atoms with E-state index in [2.05, 4.69) is 127 Å². The molecule has 0 amide bonds. The Morgan fingerprint density at radius 1 is 0.465 bits per heavy atom. The highest BCUT2D eigenvalue weighted by Crippen LogP contribution is 2.64. The number of aryl methyl sites for hydroxylation is 4. The third-order valence-corrected chi connectivity index (χ3v) is 29.1. The van der Waals surface area contributed by atoms with E-state index in [-0.39, 0.29) is 98.6 Å². The molecular formula is C78H110N12O22P2. The minimum absolute atomic E-state index is 0.0178. The highest BCUT2D eigenvalue weighted by atomic mass is 31.2. The van der Waals surface area contributed by atoms with Crippen LogP contribution in [0.5, 0.6) is 0 Å². The largest absolute Gasteiger partial charge is 0.387 e. The average Bonchev–Trinajstić information content (AvgIpc) is 1.44. The normalized spacial score (nSPS) is 36.6. The van der Waals surface area contributed by atoms with Crippen molar-refractivity contribution in [3.63, 3.8) is 0 Å². The topological polar surface area (TPSA) is 386 Å². The van der Waals surface area contributed by atoms with Crippen molar-refractivity contribution in [1.29, 1.82) is 0 Å². The van der Waals surface area contributed by atoms with Crippen LogP contribution in [-0.4, -0.2) is 204 Å². The molecule has 0 radical (unpaired) electrons. The van der Waals surface area contributed by atoms with Crippen molar-refractivity contribution < 1.29 is 66.2 Å². The maximum atomic E-state index is 12.8. The summed E-state index contributed by atoms with van der Waals surface area (Å²) in [4.78, 5) is 113. The lowest BCUT2D eigenvalue weighted by Crippen LogP contribution is -2.55. The Kier molecular flexibility index (Phi) is 25.2. The average molecular weight is 1630 g/mol. The number of aromatic nitrogens is 8. The van der Waals surface area contributed by atoms with Crippen molar-refractivity contribution in [2.45, 2.75) is 307 Å². The molecule has 0 aromatic carbocycles. The summed E-state index contributed by atoms with van der Waals surface area (Å²) < 4.78 is 86.6. The monoisotopic (exact) mass is 1630 g/mol. The first-order chi connectivity index (χ1) is 54.1. The first-order valence-electron chi connectivity index (χ1n) is 39.9. The minimum Gasteiger partial charge on any atom is -0.387 e. The fourth-order valence-electron chi connectivity index (χ4n) is 19.4. The van der Waals surface area contributed by atoms with Crippen molar-refractivity contribution in [3.8, 4) is 0 Å². The van der Waals surface area contributed by atoms with E-state index in [0.29, 0.717) is 35.1 Å². The van der Waals surface area contributed by atoms with Crippen LogP contribution in [0, 0.1) is 64.5 Å². The molecule has 6 N–H and O–H groups in total. The van der Waals surface area contributed by atoms with Gasteiger partial charge in [-0.25, -0.2) is 41.7 Å². The van der Waals surface area contributed by atoms with Crippen LogP contribution in [0.25, 0.3) is 9.69 Å². The highest BCUT2D eigenvalue weighted by Gasteiger charge is 2.74. The lowest BCUT2D eigenvalue weighted by atomic mass is 9.73. The van der Waals surface area contributed by atoms with Gasteiger partial charge in [0.15, 0.2) is 24.9 Å². The number of H-pyrrole nitrogens is 4. The zero-order valence-electron chi connectivity index (χ0n) is 67.5. The molecular weight excluding hydrogens is 1520 g/mol. The minimum atomic E-state index is -1.54. The first kappa shape index (κ1) is 85.3. The van der Waals surface area contributed by atoms with Gasteiger partial charge in [-0.1, -0.05) is 64.8 Å². The van der Waals surface area contributed by atoms with Gasteiger partial charge in [-0.15, -0.1) is 0 Å². The fraction of sp³-hybridized carbons (Fsp3) is 0.718. The van der Waals surface area contributed by atoms with Gasteiger partial charge in [0, 0.05) is 83.0 Å². The molecule has 8 aliphatic heterocycles. The molecule has 12 heterocycles. The van der Waals surface area contributed by atoms with Crippen LogP contribution in [0.4, 0.5) is 0 Å². The summed E-state index contributed by atoms with van der Waals surface area (Å²) in [6.07, 6.45) is 13.0. The fourth-order valence-corrected chi connectivity index (χ4v) is 23.0. The smallest absolute Gasteiger partial charge is 0.330 e. The summed E-state index contributed by atoms with van der Waals surface area (Å²) in [7, 11) is -3.06. The Balaban J connectivity index is 0.000000135. The number of hydrogen-bond acceptors (Lipinski definition) is 24. The quantitative estimate of drug-likeness (QED) is 0.0241. The van der Waals surface area contributed by atoms with Gasteiger partial charge in [-0.05, 0) is 133 Å². The number of rotatable bonds is 20. The van der Waals surface area contributed by atoms with E-state index in [1.54, 1.807) is 27.7 Å². The molecule has 16 rings (SSSR count). The second-order valence-corrected chi connectivity index (χ2v) is 36.1. The Morgan fingerprint density at radius 2 is 0.772 bits per heavy atom. The Morgan fingerprint density at radius 3 is 1.18 bits per heavy atom. The lowest BCUT2D eigenvalue weighted by Gasteiger charge is -2.46. The summed E-state index contributed by atoms with van der Waals surface area (Å²) in [5.74, 6) is 0.256. The van der Waals surface area contributed by atoms with Crippen LogP contribution in [0.3, 0.4) is 0 Å². The highest BCUT2D eigenvalue weighted by molar-refractivity contribution is 7.45. The van der Waals surface area contributed by atoms with Gasteiger partial charge in [0.2, 0.25) is 13.1 Å². The molecule has 4 spiro atoms. The van der Waals surface area contributed by atoms with Crippen LogP contribution >= 0.6 is 17.1 Å². The zero-order chi connectivity index (χ0) is 82.3. The molecule has 4 aromatic rings. The van der Waals surface area contributed by atoms with Crippen LogP contribution in [-0.2, 0) is 56.0 Å². The van der Waals surface area contributed by atoms with E-state index >= 15 is 0 Å². The van der Waals surface area contributed by atoms with Crippen molar-refractivity contribution >= 4 is 17.1 Å². The number of ether oxygens (including phenoxy) is 8. The van der Waals surface area contributed by atoms with Gasteiger partial charge in [0.05, 0.1) is 24.4 Å². The van der Waals surface area contributed by atoms with Gasteiger partial charge in [-0.3, -0.25) is 57.4 Å². The first-order valence-corrected chi connectivity index (χ1v) is 42.1. The summed E-state index contributed by atoms with van der Waals surface area (Å²) in [6.45, 7) is 46.9. The van der Waals surface area contributed by atoms with Gasteiger partial charge in [-0.2, -0.15) is 0 Å². The standard InChI is InChI=1S/C24H37N4O6P.C24H35N4O6P.C15H20N2O5.C15H18N2O5/c2*1-14(2)28(15(3)4)35(31-12-11-25-7)34-20-19-22(27-13-16(5)21(29)26-23(27)30)33-24(20)17(6)9-8-10-18(24)32-19;2*1-7-6-17(14(20)16-12(7)19)13-10-11(18)15(22-13)8(2)4-3-5-9(15)21-10/h13-15,17-20,22H,8-12H2,1-6H3,(H,26,29,30);8-9,13-15,17-20,22H,10-12H2,1-6H3,(H,26,29,30);6,8-11,13,18H,3-5H2,1-2H3,(H,16,19,20);3-4,6,8-11,13,18H,5H2,1-2H3,(H,16,19,20)/t2*17-,18+,19-,20+,22-,24+,35?;2*8-,9+,10-,11+,13-,15+/m1111/s1. The Labute approximate surface area is 662 Å². The second kappa shape index (κ2) is 33.7. The van der Waals surface area contributed by atoms with E-state index in [1.807, 2.05) is 19.1 Å². The maximum Gasteiger partial charge on any atom is 0.330 e. The summed E-state index contributed by atoms with van der Waals surface area (Å²) >= 11 is 0. The molecule has 10 fully saturated rings. The Bertz CT molecular complexity index is 4830. The predicted octanol–water partition coefficient (Wildman–Crippen LogP) is 6.41. The number of aliphatic hydroxyl groups excluding tert-OH is 2. The molecule has 8 saturated heterocycles. The number of aliphatic hydroxyl groups is 2.